The fraction of sp³-hybridized carbons (Fsp3) is 0.556. The lowest BCUT2D eigenvalue weighted by molar-refractivity contribution is 0.558. The number of sulfone groups is 1. The molecular formula is C9H12BrN3O2S. The van der Waals surface area contributed by atoms with Crippen molar-refractivity contribution in [1.82, 2.24) is 9.97 Å². The van der Waals surface area contributed by atoms with Gasteiger partial charge in [-0.25, -0.2) is 18.4 Å². The number of nitrogens with zero attached hydrogens (tertiary/aromatic N) is 2. The Kier molecular flexibility index (Phi) is 3.44. The first kappa shape index (κ1) is 11.8. The van der Waals surface area contributed by atoms with Crippen molar-refractivity contribution in [2.75, 3.05) is 16.8 Å². The highest BCUT2D eigenvalue weighted by Gasteiger charge is 2.23. The van der Waals surface area contributed by atoms with Crippen LogP contribution in [-0.2, 0) is 9.84 Å². The lowest BCUT2D eigenvalue weighted by atomic mass is 10.2. The van der Waals surface area contributed by atoms with Gasteiger partial charge in [0.25, 0.3) is 0 Å². The maximum atomic E-state index is 11.2. The number of anilines is 1. The molecule has 88 valence electrons. The van der Waals surface area contributed by atoms with Crippen molar-refractivity contribution < 1.29 is 8.42 Å². The molecule has 5 nitrogen and oxygen atoms in total. The Morgan fingerprint density at radius 3 is 2.38 bits per heavy atom. The van der Waals surface area contributed by atoms with Crippen LogP contribution in [-0.4, -0.2) is 35.9 Å². The summed E-state index contributed by atoms with van der Waals surface area (Å²) < 4.78 is 23.3. The van der Waals surface area contributed by atoms with Gasteiger partial charge >= 0.3 is 0 Å². The molecule has 1 aromatic heterocycles. The lowest BCUT2D eigenvalue weighted by Crippen LogP contribution is -2.32. The molecule has 0 radical (unpaired) electrons. The molecule has 1 N–H and O–H groups in total. The van der Waals surface area contributed by atoms with E-state index in [-0.39, 0.29) is 17.5 Å². The van der Waals surface area contributed by atoms with E-state index >= 15 is 0 Å². The van der Waals surface area contributed by atoms with Crippen LogP contribution < -0.4 is 5.32 Å². The van der Waals surface area contributed by atoms with E-state index in [1.165, 1.54) is 0 Å². The zero-order valence-electron chi connectivity index (χ0n) is 8.56. The van der Waals surface area contributed by atoms with Crippen molar-refractivity contribution in [1.29, 1.82) is 0 Å². The minimum Gasteiger partial charge on any atom is -0.351 e. The molecule has 0 atom stereocenters. The first-order chi connectivity index (χ1) is 7.55. The Morgan fingerprint density at radius 1 is 1.25 bits per heavy atom. The maximum absolute atomic E-state index is 11.2. The molecule has 1 fully saturated rings. The Morgan fingerprint density at radius 2 is 1.81 bits per heavy atom. The summed E-state index contributed by atoms with van der Waals surface area (Å²) in [7, 11) is -2.80. The molecule has 1 aliphatic heterocycles. The molecule has 1 saturated heterocycles. The third-order valence-corrected chi connectivity index (χ3v) is 4.63. The average molecular weight is 306 g/mol. The van der Waals surface area contributed by atoms with Gasteiger partial charge in [-0.2, -0.15) is 0 Å². The minimum atomic E-state index is -2.80. The van der Waals surface area contributed by atoms with Crippen LogP contribution in [0.5, 0.6) is 0 Å². The lowest BCUT2D eigenvalue weighted by Gasteiger charge is -2.22. The van der Waals surface area contributed by atoms with Crippen LogP contribution >= 0.6 is 15.9 Å². The predicted molar refractivity (Wildman–Crippen MR) is 65.0 cm³/mol. The van der Waals surface area contributed by atoms with Crippen LogP contribution in [0.1, 0.15) is 12.8 Å². The summed E-state index contributed by atoms with van der Waals surface area (Å²) in [4.78, 5) is 8.18. The summed E-state index contributed by atoms with van der Waals surface area (Å²) in [6.07, 6.45) is 4.58. The van der Waals surface area contributed by atoms with Gasteiger partial charge in [0.2, 0.25) is 5.95 Å². The normalized spacial score (nSPS) is 20.6. The van der Waals surface area contributed by atoms with Crippen molar-refractivity contribution in [3.05, 3.63) is 16.9 Å². The van der Waals surface area contributed by atoms with E-state index in [1.54, 1.807) is 12.4 Å². The molecule has 0 unspecified atom stereocenters. The zero-order chi connectivity index (χ0) is 11.6. The summed E-state index contributed by atoms with van der Waals surface area (Å²) in [5.41, 5.74) is 0. The summed E-state index contributed by atoms with van der Waals surface area (Å²) >= 11 is 3.25. The van der Waals surface area contributed by atoms with Crippen LogP contribution in [0.2, 0.25) is 0 Å². The van der Waals surface area contributed by atoms with E-state index in [4.69, 9.17) is 0 Å². The van der Waals surface area contributed by atoms with Crippen molar-refractivity contribution in [3.63, 3.8) is 0 Å². The smallest absolute Gasteiger partial charge is 0.222 e. The maximum Gasteiger partial charge on any atom is 0.222 e. The van der Waals surface area contributed by atoms with Crippen LogP contribution in [0.3, 0.4) is 0 Å². The van der Waals surface area contributed by atoms with Crippen molar-refractivity contribution in [3.8, 4) is 0 Å². The van der Waals surface area contributed by atoms with Gasteiger partial charge in [-0.1, -0.05) is 0 Å². The molecule has 1 aliphatic rings. The third-order valence-electron chi connectivity index (χ3n) is 2.51. The number of halogens is 1. The van der Waals surface area contributed by atoms with Crippen LogP contribution in [0, 0.1) is 0 Å². The van der Waals surface area contributed by atoms with E-state index in [2.05, 4.69) is 31.2 Å². The van der Waals surface area contributed by atoms with E-state index < -0.39 is 9.84 Å². The SMILES string of the molecule is O=S1(=O)CCC(Nc2ncc(Br)cn2)CC1. The van der Waals surface area contributed by atoms with E-state index in [9.17, 15) is 8.42 Å². The summed E-state index contributed by atoms with van der Waals surface area (Å²) in [5, 5.41) is 3.14. The second-order valence-corrected chi connectivity index (χ2v) is 7.01. The Balaban J connectivity index is 1.94. The minimum absolute atomic E-state index is 0.157. The summed E-state index contributed by atoms with van der Waals surface area (Å²) in [6.45, 7) is 0. The monoisotopic (exact) mass is 305 g/mol. The highest BCUT2D eigenvalue weighted by molar-refractivity contribution is 9.10. The third kappa shape index (κ3) is 3.15. The largest absolute Gasteiger partial charge is 0.351 e. The first-order valence-corrected chi connectivity index (χ1v) is 7.61. The van der Waals surface area contributed by atoms with Gasteiger partial charge in [-0.15, -0.1) is 0 Å². The molecule has 0 spiro atoms. The topological polar surface area (TPSA) is 72.0 Å². The van der Waals surface area contributed by atoms with Gasteiger partial charge in [-0.3, -0.25) is 0 Å². The molecule has 0 saturated carbocycles. The molecule has 0 aliphatic carbocycles. The first-order valence-electron chi connectivity index (χ1n) is 5.00. The summed E-state index contributed by atoms with van der Waals surface area (Å²) in [5.74, 6) is 1.05. The van der Waals surface area contributed by atoms with Crippen molar-refractivity contribution in [2.45, 2.75) is 18.9 Å². The molecule has 16 heavy (non-hydrogen) atoms. The number of hydrogen-bond donors (Lipinski definition) is 1. The number of aromatic nitrogens is 2. The van der Waals surface area contributed by atoms with Gasteiger partial charge in [0.1, 0.15) is 9.84 Å². The van der Waals surface area contributed by atoms with E-state index in [1.807, 2.05) is 0 Å². The van der Waals surface area contributed by atoms with Crippen LogP contribution in [0.4, 0.5) is 5.95 Å². The highest BCUT2D eigenvalue weighted by Crippen LogP contribution is 2.16. The zero-order valence-corrected chi connectivity index (χ0v) is 11.0. The molecule has 0 aromatic carbocycles. The number of nitrogens with one attached hydrogen (secondary N) is 1. The van der Waals surface area contributed by atoms with Gasteiger partial charge in [0.15, 0.2) is 0 Å². The van der Waals surface area contributed by atoms with Gasteiger partial charge in [0, 0.05) is 18.4 Å². The molecule has 2 rings (SSSR count). The number of rotatable bonds is 2. The highest BCUT2D eigenvalue weighted by atomic mass is 79.9. The van der Waals surface area contributed by atoms with E-state index in [0.717, 1.165) is 4.47 Å². The standard InChI is InChI=1S/C9H12BrN3O2S/c10-7-5-11-9(12-6-7)13-8-1-3-16(14,15)4-2-8/h5-6,8H,1-4H2,(H,11,12,13). The van der Waals surface area contributed by atoms with Gasteiger partial charge in [0.05, 0.1) is 16.0 Å². The average Bonchev–Trinajstić information content (AvgIpc) is 2.24. The molecule has 2 heterocycles. The van der Waals surface area contributed by atoms with Gasteiger partial charge in [-0.05, 0) is 28.8 Å². The Labute approximate surface area is 103 Å². The Hall–Kier alpha value is -0.690. The van der Waals surface area contributed by atoms with Crippen molar-refractivity contribution >= 4 is 31.7 Å². The quantitative estimate of drug-likeness (QED) is 0.890. The molecule has 1 aromatic rings. The molecular weight excluding hydrogens is 294 g/mol. The van der Waals surface area contributed by atoms with Gasteiger partial charge < -0.3 is 5.32 Å². The van der Waals surface area contributed by atoms with Crippen LogP contribution in [0.25, 0.3) is 0 Å². The van der Waals surface area contributed by atoms with E-state index in [0.29, 0.717) is 18.8 Å². The number of hydrogen-bond acceptors (Lipinski definition) is 5. The summed E-state index contributed by atoms with van der Waals surface area (Å²) in [6, 6.07) is 0.157. The fourth-order valence-corrected chi connectivity index (χ4v) is 3.30. The molecule has 7 heteroatoms. The van der Waals surface area contributed by atoms with Crippen molar-refractivity contribution in [2.24, 2.45) is 0 Å². The molecule has 0 amide bonds. The fourth-order valence-electron chi connectivity index (χ4n) is 1.60. The second-order valence-electron chi connectivity index (χ2n) is 3.80. The molecule has 0 bridgehead atoms. The predicted octanol–water partition coefficient (Wildman–Crippen LogP) is 1.23. The van der Waals surface area contributed by atoms with Crippen LogP contribution in [0.15, 0.2) is 16.9 Å². The Bertz CT molecular complexity index is 446. The second kappa shape index (κ2) is 4.67.